The highest BCUT2D eigenvalue weighted by molar-refractivity contribution is 9.10. The highest BCUT2D eigenvalue weighted by Crippen LogP contribution is 2.15. The van der Waals surface area contributed by atoms with E-state index in [2.05, 4.69) is 26.5 Å². The number of nitrogens with one attached hydrogen (secondary N) is 1. The molecule has 2 rings (SSSR count). The van der Waals surface area contributed by atoms with E-state index >= 15 is 0 Å². The van der Waals surface area contributed by atoms with Gasteiger partial charge in [-0.25, -0.2) is 5.43 Å². The second-order valence-electron chi connectivity index (χ2n) is 3.95. The minimum absolute atomic E-state index is 0.0666. The Morgan fingerprint density at radius 3 is 2.75 bits per heavy atom. The molecule has 0 spiro atoms. The number of hydrogen-bond donors (Lipinski definition) is 1. The van der Waals surface area contributed by atoms with Gasteiger partial charge in [-0.1, -0.05) is 22.0 Å². The zero-order valence-electron chi connectivity index (χ0n) is 10.8. The van der Waals surface area contributed by atoms with Crippen LogP contribution in [-0.2, 0) is 4.79 Å². The van der Waals surface area contributed by atoms with Gasteiger partial charge in [0.2, 0.25) is 0 Å². The summed E-state index contributed by atoms with van der Waals surface area (Å²) < 4.78 is 6.31. The van der Waals surface area contributed by atoms with Gasteiger partial charge in [0.05, 0.1) is 5.71 Å². The summed E-state index contributed by atoms with van der Waals surface area (Å²) in [7, 11) is 0. The van der Waals surface area contributed by atoms with E-state index in [1.165, 1.54) is 0 Å². The smallest absolute Gasteiger partial charge is 0.277 e. The van der Waals surface area contributed by atoms with Crippen LogP contribution < -0.4 is 10.2 Å². The molecule has 0 fully saturated rings. The standard InChI is InChI=1S/C14H13BrN2O2S/c1-10(13-3-2-8-20-13)16-17-14(18)9-19-12-6-4-11(15)5-7-12/h2-8H,9H2,1H3,(H,17,18). The molecule has 1 N–H and O–H groups in total. The first-order valence-electron chi connectivity index (χ1n) is 5.90. The van der Waals surface area contributed by atoms with E-state index in [1.807, 2.05) is 36.6 Å². The van der Waals surface area contributed by atoms with Gasteiger partial charge in [-0.15, -0.1) is 11.3 Å². The first kappa shape index (κ1) is 14.7. The zero-order chi connectivity index (χ0) is 14.4. The highest BCUT2D eigenvalue weighted by atomic mass is 79.9. The van der Waals surface area contributed by atoms with Crippen molar-refractivity contribution in [1.29, 1.82) is 0 Å². The Bertz CT molecular complexity index is 594. The molecule has 1 aromatic carbocycles. The molecule has 1 amide bonds. The van der Waals surface area contributed by atoms with E-state index in [0.717, 1.165) is 15.1 Å². The molecule has 0 aliphatic carbocycles. The minimum Gasteiger partial charge on any atom is -0.484 e. The lowest BCUT2D eigenvalue weighted by molar-refractivity contribution is -0.123. The molecule has 0 saturated carbocycles. The monoisotopic (exact) mass is 352 g/mol. The number of benzene rings is 1. The van der Waals surface area contributed by atoms with Crippen LogP contribution in [0.2, 0.25) is 0 Å². The molecule has 20 heavy (non-hydrogen) atoms. The normalized spacial score (nSPS) is 11.2. The molecular formula is C14H13BrN2O2S. The maximum atomic E-state index is 11.6. The first-order chi connectivity index (χ1) is 9.65. The van der Waals surface area contributed by atoms with Crippen molar-refractivity contribution in [3.8, 4) is 5.75 Å². The predicted molar refractivity (Wildman–Crippen MR) is 84.3 cm³/mol. The van der Waals surface area contributed by atoms with Crippen molar-refractivity contribution in [1.82, 2.24) is 5.43 Å². The van der Waals surface area contributed by atoms with Crippen molar-refractivity contribution in [3.63, 3.8) is 0 Å². The quantitative estimate of drug-likeness (QED) is 0.661. The number of hydrazone groups is 1. The lowest BCUT2D eigenvalue weighted by Crippen LogP contribution is -2.25. The number of carbonyl (C=O) groups excluding carboxylic acids is 1. The van der Waals surface area contributed by atoms with Crippen molar-refractivity contribution < 1.29 is 9.53 Å². The molecule has 2 aromatic rings. The molecule has 1 aromatic heterocycles. The number of hydrogen-bond acceptors (Lipinski definition) is 4. The number of ether oxygens (including phenoxy) is 1. The summed E-state index contributed by atoms with van der Waals surface area (Å²) >= 11 is 4.91. The molecule has 104 valence electrons. The van der Waals surface area contributed by atoms with Crippen LogP contribution in [0.25, 0.3) is 0 Å². The van der Waals surface area contributed by atoms with Crippen molar-refractivity contribution in [3.05, 3.63) is 51.1 Å². The number of nitrogens with zero attached hydrogens (tertiary/aromatic N) is 1. The van der Waals surface area contributed by atoms with Crippen LogP contribution in [0.5, 0.6) is 5.75 Å². The van der Waals surface area contributed by atoms with Gasteiger partial charge < -0.3 is 4.74 Å². The second kappa shape index (κ2) is 7.21. The van der Waals surface area contributed by atoms with Crippen LogP contribution in [-0.4, -0.2) is 18.2 Å². The molecule has 0 bridgehead atoms. The lowest BCUT2D eigenvalue weighted by Gasteiger charge is -2.05. The zero-order valence-corrected chi connectivity index (χ0v) is 13.2. The Labute approximate surface area is 129 Å². The van der Waals surface area contributed by atoms with Crippen LogP contribution >= 0.6 is 27.3 Å². The fraction of sp³-hybridized carbons (Fsp3) is 0.143. The molecule has 0 saturated heterocycles. The molecule has 6 heteroatoms. The average Bonchev–Trinajstić information content (AvgIpc) is 2.98. The predicted octanol–water partition coefficient (Wildman–Crippen LogP) is 3.43. The van der Waals surface area contributed by atoms with Crippen molar-refractivity contribution in [2.45, 2.75) is 6.92 Å². The Morgan fingerprint density at radius 2 is 2.10 bits per heavy atom. The minimum atomic E-state index is -0.288. The maximum Gasteiger partial charge on any atom is 0.277 e. The fourth-order valence-electron chi connectivity index (χ4n) is 1.40. The van der Waals surface area contributed by atoms with Gasteiger partial charge in [-0.3, -0.25) is 4.79 Å². The Balaban J connectivity index is 1.81. The van der Waals surface area contributed by atoms with E-state index in [9.17, 15) is 4.79 Å². The Kier molecular flexibility index (Phi) is 5.31. The van der Waals surface area contributed by atoms with Crippen LogP contribution in [0.1, 0.15) is 11.8 Å². The number of carbonyl (C=O) groups is 1. The highest BCUT2D eigenvalue weighted by Gasteiger charge is 2.03. The van der Waals surface area contributed by atoms with Gasteiger partial charge in [0.1, 0.15) is 5.75 Å². The van der Waals surface area contributed by atoms with Crippen LogP contribution in [0.15, 0.2) is 51.4 Å². The molecule has 0 atom stereocenters. The van der Waals surface area contributed by atoms with E-state index in [1.54, 1.807) is 23.5 Å². The lowest BCUT2D eigenvalue weighted by atomic mass is 10.3. The largest absolute Gasteiger partial charge is 0.484 e. The van der Waals surface area contributed by atoms with Crippen LogP contribution in [0.4, 0.5) is 0 Å². The fourth-order valence-corrected chi connectivity index (χ4v) is 2.34. The van der Waals surface area contributed by atoms with Gasteiger partial charge in [-0.05, 0) is 42.6 Å². The summed E-state index contributed by atoms with van der Waals surface area (Å²) in [6, 6.07) is 11.2. The summed E-state index contributed by atoms with van der Waals surface area (Å²) in [6.07, 6.45) is 0. The molecule has 0 aliphatic rings. The molecule has 1 heterocycles. The number of halogens is 1. The summed E-state index contributed by atoms with van der Waals surface area (Å²) in [6.45, 7) is 1.78. The van der Waals surface area contributed by atoms with Gasteiger partial charge in [0.15, 0.2) is 6.61 Å². The van der Waals surface area contributed by atoms with Crippen LogP contribution in [0, 0.1) is 0 Å². The Morgan fingerprint density at radius 1 is 1.35 bits per heavy atom. The van der Waals surface area contributed by atoms with Crippen molar-refractivity contribution >= 4 is 38.9 Å². The SMILES string of the molecule is CC(=NNC(=O)COc1ccc(Br)cc1)c1cccs1. The molecule has 0 radical (unpaired) electrons. The summed E-state index contributed by atoms with van der Waals surface area (Å²) in [5, 5.41) is 6.00. The number of thiophene rings is 1. The van der Waals surface area contributed by atoms with Gasteiger partial charge >= 0.3 is 0 Å². The third kappa shape index (κ3) is 4.47. The third-order valence-corrected chi connectivity index (χ3v) is 3.92. The summed E-state index contributed by atoms with van der Waals surface area (Å²) in [5.41, 5.74) is 3.25. The van der Waals surface area contributed by atoms with Crippen LogP contribution in [0.3, 0.4) is 0 Å². The molecule has 0 unspecified atom stereocenters. The molecule has 4 nitrogen and oxygen atoms in total. The van der Waals surface area contributed by atoms with E-state index in [0.29, 0.717) is 5.75 Å². The number of amides is 1. The average molecular weight is 353 g/mol. The summed E-state index contributed by atoms with van der Waals surface area (Å²) in [4.78, 5) is 12.6. The van der Waals surface area contributed by atoms with Gasteiger partial charge in [-0.2, -0.15) is 5.10 Å². The topological polar surface area (TPSA) is 50.7 Å². The van der Waals surface area contributed by atoms with Gasteiger partial charge in [0, 0.05) is 9.35 Å². The third-order valence-electron chi connectivity index (χ3n) is 2.41. The molecular weight excluding hydrogens is 340 g/mol. The van der Waals surface area contributed by atoms with Gasteiger partial charge in [0.25, 0.3) is 5.91 Å². The maximum absolute atomic E-state index is 11.6. The van der Waals surface area contributed by atoms with Crippen molar-refractivity contribution in [2.75, 3.05) is 6.61 Å². The first-order valence-corrected chi connectivity index (χ1v) is 7.58. The van der Waals surface area contributed by atoms with E-state index in [-0.39, 0.29) is 12.5 Å². The van der Waals surface area contributed by atoms with Crippen molar-refractivity contribution in [2.24, 2.45) is 5.10 Å². The van der Waals surface area contributed by atoms with E-state index in [4.69, 9.17) is 4.74 Å². The van der Waals surface area contributed by atoms with E-state index < -0.39 is 0 Å². The Hall–Kier alpha value is -1.66. The molecule has 0 aliphatic heterocycles. The summed E-state index contributed by atoms with van der Waals surface area (Å²) in [5.74, 6) is 0.353. The number of rotatable bonds is 5. The second-order valence-corrected chi connectivity index (χ2v) is 5.82.